The Bertz CT molecular complexity index is 718. The molecule has 2 amide bonds. The Hall–Kier alpha value is -1.55. The molecule has 0 bridgehead atoms. The van der Waals surface area contributed by atoms with Gasteiger partial charge in [-0.15, -0.1) is 24.0 Å². The van der Waals surface area contributed by atoms with Crippen LogP contribution in [-0.2, 0) is 11.3 Å². The average Bonchev–Trinajstić information content (AvgIpc) is 3.26. The van der Waals surface area contributed by atoms with Gasteiger partial charge in [-0.05, 0) is 62.1 Å². The maximum absolute atomic E-state index is 12.3. The number of benzene rings is 1. The molecule has 1 saturated carbocycles. The van der Waals surface area contributed by atoms with E-state index in [0.29, 0.717) is 12.0 Å². The Morgan fingerprint density at radius 2 is 1.97 bits per heavy atom. The van der Waals surface area contributed by atoms with Gasteiger partial charge in [0.05, 0.1) is 6.54 Å². The molecule has 31 heavy (non-hydrogen) atoms. The molecule has 3 rings (SSSR count). The van der Waals surface area contributed by atoms with Crippen molar-refractivity contribution in [3.8, 4) is 0 Å². The van der Waals surface area contributed by atoms with E-state index in [1.165, 1.54) is 19.3 Å². The van der Waals surface area contributed by atoms with E-state index in [2.05, 4.69) is 22.9 Å². The number of carbonyl (C=O) groups is 1. The Kier molecular flexibility index (Phi) is 10.9. The molecule has 1 aliphatic heterocycles. The summed E-state index contributed by atoms with van der Waals surface area (Å²) in [4.78, 5) is 19.0. The lowest BCUT2D eigenvalue weighted by atomic mass is 9.67. The van der Waals surface area contributed by atoms with E-state index < -0.39 is 0 Å². The first kappa shape index (κ1) is 25.7. The van der Waals surface area contributed by atoms with Gasteiger partial charge >= 0.3 is 6.03 Å². The van der Waals surface area contributed by atoms with E-state index in [-0.39, 0.29) is 30.0 Å². The molecule has 1 aliphatic carbocycles. The van der Waals surface area contributed by atoms with E-state index in [9.17, 15) is 4.79 Å². The van der Waals surface area contributed by atoms with Crippen LogP contribution in [0.15, 0.2) is 29.3 Å². The summed E-state index contributed by atoms with van der Waals surface area (Å²) in [5.74, 6) is 0.840. The predicted octanol–water partition coefficient (Wildman–Crippen LogP) is 4.19. The number of halogens is 1. The fraction of sp³-hybridized carbons (Fsp3) is 0.652. The number of amides is 2. The zero-order valence-corrected chi connectivity index (χ0v) is 21.2. The quantitative estimate of drug-likeness (QED) is 0.248. The van der Waals surface area contributed by atoms with Crippen molar-refractivity contribution in [2.45, 2.75) is 52.0 Å². The normalized spacial score (nSPS) is 17.5. The fourth-order valence-electron chi connectivity index (χ4n) is 4.16. The van der Waals surface area contributed by atoms with Crippen molar-refractivity contribution < 1.29 is 9.53 Å². The fourth-order valence-corrected chi connectivity index (χ4v) is 4.16. The number of hydrogen-bond donors (Lipinski definition) is 3. The second-order valence-electron chi connectivity index (χ2n) is 8.47. The van der Waals surface area contributed by atoms with Crippen molar-refractivity contribution in [2.24, 2.45) is 10.4 Å². The minimum absolute atomic E-state index is 0. The highest BCUT2D eigenvalue weighted by molar-refractivity contribution is 14.0. The minimum atomic E-state index is -0.00925. The van der Waals surface area contributed by atoms with E-state index >= 15 is 0 Å². The van der Waals surface area contributed by atoms with Gasteiger partial charge < -0.3 is 25.6 Å². The largest absolute Gasteiger partial charge is 0.385 e. The molecule has 0 unspecified atom stereocenters. The molecule has 0 spiro atoms. The maximum atomic E-state index is 12.3. The molecule has 1 heterocycles. The number of carbonyl (C=O) groups excluding carboxylic acids is 1. The molecule has 0 radical (unpaired) electrons. The standard InChI is InChI=1S/C23H37N5O2.HI/c1-3-24-21(26-18-23(10-7-11-23)12-15-30-2)25-17-19-8-6-9-20(16-19)27-22(29)28-13-4-5-14-28;/h6,8-9,16H,3-5,7,10-15,17-18H2,1-2H3,(H,27,29)(H2,24,25,26);1H. The molecule has 7 nitrogen and oxygen atoms in total. The number of aliphatic imine (C=N–C) groups is 1. The van der Waals surface area contributed by atoms with Crippen LogP contribution in [0.2, 0.25) is 0 Å². The van der Waals surface area contributed by atoms with Crippen LogP contribution >= 0.6 is 24.0 Å². The lowest BCUT2D eigenvalue weighted by molar-refractivity contribution is 0.0732. The first-order valence-corrected chi connectivity index (χ1v) is 11.3. The van der Waals surface area contributed by atoms with Crippen LogP contribution in [0.5, 0.6) is 0 Å². The van der Waals surface area contributed by atoms with Crippen LogP contribution in [0.3, 0.4) is 0 Å². The molecule has 1 aromatic rings. The number of urea groups is 1. The first-order chi connectivity index (χ1) is 14.6. The summed E-state index contributed by atoms with van der Waals surface area (Å²) in [6.45, 7) is 6.89. The van der Waals surface area contributed by atoms with Crippen LogP contribution in [0, 0.1) is 5.41 Å². The summed E-state index contributed by atoms with van der Waals surface area (Å²) in [6.07, 6.45) is 7.08. The summed E-state index contributed by atoms with van der Waals surface area (Å²) in [5.41, 5.74) is 2.24. The zero-order chi connectivity index (χ0) is 21.2. The Morgan fingerprint density at radius 1 is 1.19 bits per heavy atom. The van der Waals surface area contributed by atoms with E-state index in [4.69, 9.17) is 9.73 Å². The monoisotopic (exact) mass is 543 g/mol. The molecule has 0 aromatic heterocycles. The number of guanidine groups is 1. The maximum Gasteiger partial charge on any atom is 0.321 e. The van der Waals surface area contributed by atoms with Crippen molar-refractivity contribution >= 4 is 41.7 Å². The molecular weight excluding hydrogens is 505 g/mol. The molecular formula is C23H38IN5O2. The smallest absolute Gasteiger partial charge is 0.321 e. The van der Waals surface area contributed by atoms with Crippen LogP contribution < -0.4 is 16.0 Å². The first-order valence-electron chi connectivity index (χ1n) is 11.3. The van der Waals surface area contributed by atoms with Gasteiger partial charge in [-0.25, -0.2) is 9.79 Å². The van der Waals surface area contributed by atoms with Crippen molar-refractivity contribution in [3.63, 3.8) is 0 Å². The van der Waals surface area contributed by atoms with Gasteiger partial charge in [0.2, 0.25) is 0 Å². The van der Waals surface area contributed by atoms with Gasteiger partial charge in [0.25, 0.3) is 0 Å². The Morgan fingerprint density at radius 3 is 2.61 bits per heavy atom. The lowest BCUT2D eigenvalue weighted by Gasteiger charge is -2.42. The lowest BCUT2D eigenvalue weighted by Crippen LogP contribution is -2.46. The summed E-state index contributed by atoms with van der Waals surface area (Å²) in [5, 5.41) is 9.89. The van der Waals surface area contributed by atoms with Crippen LogP contribution in [0.1, 0.15) is 51.0 Å². The summed E-state index contributed by atoms with van der Waals surface area (Å²) in [6, 6.07) is 7.95. The van der Waals surface area contributed by atoms with Crippen molar-refractivity contribution in [1.82, 2.24) is 15.5 Å². The van der Waals surface area contributed by atoms with Crippen molar-refractivity contribution in [3.05, 3.63) is 29.8 Å². The van der Waals surface area contributed by atoms with Gasteiger partial charge in [-0.1, -0.05) is 18.6 Å². The molecule has 174 valence electrons. The van der Waals surface area contributed by atoms with Crippen LogP contribution in [-0.4, -0.2) is 56.8 Å². The third-order valence-corrected chi connectivity index (χ3v) is 6.22. The Labute approximate surface area is 203 Å². The number of rotatable bonds is 9. The van der Waals surface area contributed by atoms with E-state index in [0.717, 1.165) is 69.3 Å². The van der Waals surface area contributed by atoms with Gasteiger partial charge in [-0.3, -0.25) is 0 Å². The van der Waals surface area contributed by atoms with Gasteiger partial charge in [0.1, 0.15) is 0 Å². The van der Waals surface area contributed by atoms with Crippen molar-refractivity contribution in [1.29, 1.82) is 0 Å². The Balaban J connectivity index is 0.00000341. The summed E-state index contributed by atoms with van der Waals surface area (Å²) in [7, 11) is 1.77. The molecule has 0 atom stereocenters. The number of nitrogens with zero attached hydrogens (tertiary/aromatic N) is 2. The minimum Gasteiger partial charge on any atom is -0.385 e. The second-order valence-corrected chi connectivity index (χ2v) is 8.47. The average molecular weight is 543 g/mol. The number of likely N-dealkylation sites (tertiary alicyclic amines) is 1. The van der Waals surface area contributed by atoms with Crippen LogP contribution in [0.4, 0.5) is 10.5 Å². The predicted molar refractivity (Wildman–Crippen MR) is 137 cm³/mol. The molecule has 2 fully saturated rings. The van der Waals surface area contributed by atoms with Crippen LogP contribution in [0.25, 0.3) is 0 Å². The van der Waals surface area contributed by atoms with E-state index in [1.54, 1.807) is 7.11 Å². The van der Waals surface area contributed by atoms with Gasteiger partial charge in [-0.2, -0.15) is 0 Å². The molecule has 8 heteroatoms. The van der Waals surface area contributed by atoms with E-state index in [1.807, 2.05) is 29.2 Å². The highest BCUT2D eigenvalue weighted by Crippen LogP contribution is 2.43. The number of methoxy groups -OCH3 is 1. The highest BCUT2D eigenvalue weighted by atomic mass is 127. The SMILES string of the molecule is CCNC(=NCc1cccc(NC(=O)N2CCCC2)c1)NCC1(CCOC)CCC1.I. The molecule has 1 saturated heterocycles. The van der Waals surface area contributed by atoms with Gasteiger partial charge in [0.15, 0.2) is 5.96 Å². The summed E-state index contributed by atoms with van der Waals surface area (Å²) >= 11 is 0. The third-order valence-electron chi connectivity index (χ3n) is 6.22. The molecule has 1 aromatic carbocycles. The summed E-state index contributed by atoms with van der Waals surface area (Å²) < 4.78 is 5.30. The highest BCUT2D eigenvalue weighted by Gasteiger charge is 2.36. The number of ether oxygens (including phenoxy) is 1. The van der Waals surface area contributed by atoms with Crippen molar-refractivity contribution in [2.75, 3.05) is 45.2 Å². The second kappa shape index (κ2) is 13.1. The molecule has 2 aliphatic rings. The topological polar surface area (TPSA) is 78.0 Å². The number of anilines is 1. The molecule has 3 N–H and O–H groups in total. The zero-order valence-electron chi connectivity index (χ0n) is 18.9. The number of nitrogens with one attached hydrogen (secondary N) is 3. The van der Waals surface area contributed by atoms with Gasteiger partial charge in [0, 0.05) is 45.6 Å². The third kappa shape index (κ3) is 7.82. The number of hydrogen-bond acceptors (Lipinski definition) is 3.